The van der Waals surface area contributed by atoms with Crippen molar-refractivity contribution >= 4 is 40.5 Å². The van der Waals surface area contributed by atoms with Crippen LogP contribution in [0.3, 0.4) is 0 Å². The highest BCUT2D eigenvalue weighted by atomic mass is 35.5. The maximum atomic E-state index is 12.5. The molecule has 0 saturated carbocycles. The highest BCUT2D eigenvalue weighted by Gasteiger charge is 2.22. The second-order valence-electron chi connectivity index (χ2n) is 5.38. The molecule has 7 heteroatoms. The van der Waals surface area contributed by atoms with Crippen LogP contribution in [-0.4, -0.2) is 17.0 Å². The number of anilines is 1. The number of carbonyl (C=O) groups excluding carboxylic acids is 1. The summed E-state index contributed by atoms with van der Waals surface area (Å²) in [5.74, 6) is -1.01. The Morgan fingerprint density at radius 3 is 2.60 bits per heavy atom. The number of thiophene rings is 1. The van der Waals surface area contributed by atoms with Gasteiger partial charge in [0.25, 0.3) is 0 Å². The second-order valence-corrected chi connectivity index (χ2v) is 6.56. The van der Waals surface area contributed by atoms with E-state index in [-0.39, 0.29) is 23.8 Å². The lowest BCUT2D eigenvalue weighted by atomic mass is 9.93. The Balaban J connectivity index is 1.80. The number of rotatable bonds is 6. The van der Waals surface area contributed by atoms with Crippen LogP contribution in [-0.2, 0) is 4.79 Å². The van der Waals surface area contributed by atoms with Gasteiger partial charge in [-0.2, -0.15) is 0 Å². The van der Waals surface area contributed by atoms with Gasteiger partial charge in [0, 0.05) is 22.2 Å². The second kappa shape index (κ2) is 7.55. The zero-order chi connectivity index (χ0) is 17.8. The Kier molecular flexibility index (Phi) is 5.21. The van der Waals surface area contributed by atoms with E-state index in [1.54, 1.807) is 35.9 Å². The van der Waals surface area contributed by atoms with E-state index >= 15 is 0 Å². The lowest BCUT2D eigenvalue weighted by molar-refractivity contribution is -0.116. The number of furan rings is 1. The van der Waals surface area contributed by atoms with Gasteiger partial charge in [0.1, 0.15) is 5.76 Å². The first-order chi connectivity index (χ1) is 12.0. The number of aromatic carboxylic acids is 1. The number of hydrogen-bond donors (Lipinski definition) is 2. The van der Waals surface area contributed by atoms with Crippen LogP contribution in [0.25, 0.3) is 0 Å². The van der Waals surface area contributed by atoms with Gasteiger partial charge in [0.2, 0.25) is 5.91 Å². The summed E-state index contributed by atoms with van der Waals surface area (Å²) in [6, 6.07) is 10.8. The first kappa shape index (κ1) is 17.3. The van der Waals surface area contributed by atoms with Gasteiger partial charge in [-0.3, -0.25) is 4.79 Å². The average molecular weight is 376 g/mol. The lowest BCUT2D eigenvalue weighted by Crippen LogP contribution is -2.17. The van der Waals surface area contributed by atoms with Crippen LogP contribution in [0.4, 0.5) is 5.69 Å². The normalized spacial score (nSPS) is 11.9. The molecule has 0 fully saturated rings. The van der Waals surface area contributed by atoms with Crippen LogP contribution >= 0.6 is 22.9 Å². The quantitative estimate of drug-likeness (QED) is 0.645. The van der Waals surface area contributed by atoms with Gasteiger partial charge in [-0.25, -0.2) is 4.79 Å². The van der Waals surface area contributed by atoms with Crippen molar-refractivity contribution in [1.29, 1.82) is 0 Å². The van der Waals surface area contributed by atoms with Gasteiger partial charge in [0.15, 0.2) is 0 Å². The molecule has 2 aromatic heterocycles. The molecule has 0 saturated heterocycles. The Hall–Kier alpha value is -2.57. The number of amides is 1. The molecule has 0 aliphatic rings. The molecule has 1 aromatic carbocycles. The molecule has 1 unspecified atom stereocenters. The Morgan fingerprint density at radius 2 is 1.96 bits per heavy atom. The fourth-order valence-corrected chi connectivity index (χ4v) is 3.39. The van der Waals surface area contributed by atoms with Gasteiger partial charge in [-0.15, -0.1) is 11.3 Å². The summed E-state index contributed by atoms with van der Waals surface area (Å²) >= 11 is 7.15. The van der Waals surface area contributed by atoms with Gasteiger partial charge >= 0.3 is 5.97 Å². The van der Waals surface area contributed by atoms with E-state index < -0.39 is 5.97 Å². The Bertz CT molecular complexity index is 871. The molecule has 3 aromatic rings. The summed E-state index contributed by atoms with van der Waals surface area (Å²) in [7, 11) is 0. The predicted octanol–water partition coefficient (Wildman–Crippen LogP) is 4.85. The molecular weight excluding hydrogens is 362 g/mol. The molecule has 5 nitrogen and oxygen atoms in total. The van der Waals surface area contributed by atoms with E-state index in [9.17, 15) is 9.59 Å². The molecule has 3 rings (SSSR count). The van der Waals surface area contributed by atoms with Crippen molar-refractivity contribution in [3.8, 4) is 0 Å². The minimum absolute atomic E-state index is 0.0828. The molecule has 0 aliphatic carbocycles. The maximum Gasteiger partial charge on any atom is 0.338 e. The van der Waals surface area contributed by atoms with Crippen LogP contribution in [0, 0.1) is 0 Å². The molecule has 0 bridgehead atoms. The molecule has 1 atom stereocenters. The lowest BCUT2D eigenvalue weighted by Gasteiger charge is -2.15. The summed E-state index contributed by atoms with van der Waals surface area (Å²) in [5, 5.41) is 15.5. The zero-order valence-electron chi connectivity index (χ0n) is 12.9. The molecule has 0 aliphatic heterocycles. The fraction of sp³-hybridized carbons (Fsp3) is 0.111. The van der Waals surface area contributed by atoms with Crippen LogP contribution in [0.2, 0.25) is 5.02 Å². The number of hydrogen-bond acceptors (Lipinski definition) is 4. The van der Waals surface area contributed by atoms with Crippen LogP contribution in [0.5, 0.6) is 0 Å². The summed E-state index contributed by atoms with van der Waals surface area (Å²) in [4.78, 5) is 23.6. The topological polar surface area (TPSA) is 79.5 Å². The average Bonchev–Trinajstić information content (AvgIpc) is 3.25. The summed E-state index contributed by atoms with van der Waals surface area (Å²) in [6.07, 6.45) is 1.67. The molecule has 0 spiro atoms. The third-order valence-electron chi connectivity index (χ3n) is 3.71. The summed E-state index contributed by atoms with van der Waals surface area (Å²) in [6.45, 7) is 0. The molecule has 128 valence electrons. The van der Waals surface area contributed by atoms with Crippen LogP contribution in [0.1, 0.15) is 34.0 Å². The highest BCUT2D eigenvalue weighted by molar-refractivity contribution is 7.08. The highest BCUT2D eigenvalue weighted by Crippen LogP contribution is 2.30. The Morgan fingerprint density at radius 1 is 1.20 bits per heavy atom. The molecule has 2 heterocycles. The first-order valence-corrected chi connectivity index (χ1v) is 8.75. The SMILES string of the molecule is O=C(CC(c1ccc(Cl)cc1)c1ccco1)Nc1cscc1C(=O)O. The molecule has 25 heavy (non-hydrogen) atoms. The van der Waals surface area contributed by atoms with Crippen molar-refractivity contribution in [2.45, 2.75) is 12.3 Å². The monoisotopic (exact) mass is 375 g/mol. The minimum Gasteiger partial charge on any atom is -0.478 e. The van der Waals surface area contributed by atoms with E-state index in [0.717, 1.165) is 5.56 Å². The van der Waals surface area contributed by atoms with Crippen molar-refractivity contribution in [2.75, 3.05) is 5.32 Å². The van der Waals surface area contributed by atoms with Crippen molar-refractivity contribution in [3.63, 3.8) is 0 Å². The molecule has 1 amide bonds. The van der Waals surface area contributed by atoms with Crippen LogP contribution in [0.15, 0.2) is 57.8 Å². The van der Waals surface area contributed by atoms with Crippen molar-refractivity contribution < 1.29 is 19.1 Å². The molecule has 2 N–H and O–H groups in total. The smallest absolute Gasteiger partial charge is 0.338 e. The predicted molar refractivity (Wildman–Crippen MR) is 96.5 cm³/mol. The Labute approximate surface area is 152 Å². The summed E-state index contributed by atoms with van der Waals surface area (Å²) in [5.41, 5.74) is 1.27. The van der Waals surface area contributed by atoms with Gasteiger partial charge < -0.3 is 14.8 Å². The zero-order valence-corrected chi connectivity index (χ0v) is 14.5. The molecule has 0 radical (unpaired) electrons. The number of benzene rings is 1. The van der Waals surface area contributed by atoms with E-state index in [4.69, 9.17) is 21.1 Å². The van der Waals surface area contributed by atoms with Crippen LogP contribution < -0.4 is 5.32 Å². The van der Waals surface area contributed by atoms with E-state index in [1.165, 1.54) is 16.7 Å². The van der Waals surface area contributed by atoms with Gasteiger partial charge in [-0.1, -0.05) is 23.7 Å². The maximum absolute atomic E-state index is 12.5. The minimum atomic E-state index is -1.07. The fourth-order valence-electron chi connectivity index (χ4n) is 2.51. The number of nitrogens with one attached hydrogen (secondary N) is 1. The van der Waals surface area contributed by atoms with E-state index in [1.807, 2.05) is 12.1 Å². The number of halogens is 1. The largest absolute Gasteiger partial charge is 0.478 e. The third-order valence-corrected chi connectivity index (χ3v) is 4.71. The van der Waals surface area contributed by atoms with E-state index in [2.05, 4.69) is 5.32 Å². The van der Waals surface area contributed by atoms with Crippen molar-refractivity contribution in [3.05, 3.63) is 75.3 Å². The van der Waals surface area contributed by atoms with E-state index in [0.29, 0.717) is 16.5 Å². The summed E-state index contributed by atoms with van der Waals surface area (Å²) < 4.78 is 5.47. The standard InChI is InChI=1S/C18H14ClNO4S/c19-12-5-3-11(4-6-12)13(16-2-1-7-24-16)8-17(21)20-15-10-25-9-14(15)18(22)23/h1-7,9-10,13H,8H2,(H,20,21)(H,22,23). The van der Waals surface area contributed by atoms with Gasteiger partial charge in [-0.05, 0) is 29.8 Å². The number of carboxylic acid groups (broad SMARTS) is 1. The van der Waals surface area contributed by atoms with Crippen molar-refractivity contribution in [1.82, 2.24) is 0 Å². The van der Waals surface area contributed by atoms with Gasteiger partial charge in [0.05, 0.1) is 23.4 Å². The molecular formula is C18H14ClNO4S. The third kappa shape index (κ3) is 4.10. The number of carboxylic acids is 1. The van der Waals surface area contributed by atoms with Crippen molar-refractivity contribution in [2.24, 2.45) is 0 Å². The number of carbonyl (C=O) groups is 2. The first-order valence-electron chi connectivity index (χ1n) is 7.43.